The van der Waals surface area contributed by atoms with E-state index in [1.807, 2.05) is 43.7 Å². The third-order valence-corrected chi connectivity index (χ3v) is 4.97. The second kappa shape index (κ2) is 9.70. The van der Waals surface area contributed by atoms with Gasteiger partial charge in [-0.15, -0.1) is 0 Å². The monoisotopic (exact) mass is 448 g/mol. The molecule has 9 heteroatoms. The number of hydrogen-bond acceptors (Lipinski definition) is 4. The number of carbonyl (C=O) groups is 1. The maximum Gasteiger partial charge on any atom is 0.226 e. The highest BCUT2D eigenvalue weighted by Crippen LogP contribution is 2.21. The molecule has 1 aromatic carbocycles. The fourth-order valence-electron chi connectivity index (χ4n) is 3.03. The number of aryl methyl sites for hydroxylation is 1. The highest BCUT2D eigenvalue weighted by atomic mass is 79.9. The molecule has 2 heterocycles. The summed E-state index contributed by atoms with van der Waals surface area (Å²) in [6.45, 7) is 2.56. The number of morpholine rings is 1. The van der Waals surface area contributed by atoms with Gasteiger partial charge in [0.15, 0.2) is 5.96 Å². The zero-order valence-electron chi connectivity index (χ0n) is 16.1. The summed E-state index contributed by atoms with van der Waals surface area (Å²) in [5, 5.41) is 10.4. The minimum absolute atomic E-state index is 0.0401. The SMILES string of the molecule is CN=C(NCCC(=O)Nc1ccc(Br)cc1)N1CCOC(c2cnn(C)c2)C1. The first-order valence-corrected chi connectivity index (χ1v) is 9.95. The number of aromatic nitrogens is 2. The van der Waals surface area contributed by atoms with Crippen molar-refractivity contribution in [2.45, 2.75) is 12.5 Å². The van der Waals surface area contributed by atoms with Crippen LogP contribution in [0.2, 0.25) is 0 Å². The molecule has 0 saturated carbocycles. The molecule has 8 nitrogen and oxygen atoms in total. The van der Waals surface area contributed by atoms with Crippen molar-refractivity contribution >= 4 is 33.5 Å². The summed E-state index contributed by atoms with van der Waals surface area (Å²) >= 11 is 3.38. The lowest BCUT2D eigenvalue weighted by atomic mass is 10.1. The van der Waals surface area contributed by atoms with E-state index < -0.39 is 0 Å². The van der Waals surface area contributed by atoms with E-state index in [9.17, 15) is 4.79 Å². The number of rotatable bonds is 5. The van der Waals surface area contributed by atoms with E-state index in [4.69, 9.17) is 4.74 Å². The van der Waals surface area contributed by atoms with Crippen LogP contribution >= 0.6 is 15.9 Å². The number of carbonyl (C=O) groups excluding carboxylic acids is 1. The Balaban J connectivity index is 1.47. The highest BCUT2D eigenvalue weighted by Gasteiger charge is 2.25. The van der Waals surface area contributed by atoms with Crippen molar-refractivity contribution in [3.63, 3.8) is 0 Å². The quantitative estimate of drug-likeness (QED) is 0.540. The van der Waals surface area contributed by atoms with E-state index in [0.29, 0.717) is 26.1 Å². The molecule has 1 fully saturated rings. The largest absolute Gasteiger partial charge is 0.370 e. The molecule has 150 valence electrons. The number of nitrogens with one attached hydrogen (secondary N) is 2. The first-order valence-electron chi connectivity index (χ1n) is 9.16. The smallest absolute Gasteiger partial charge is 0.226 e. The molecule has 2 aromatic rings. The van der Waals surface area contributed by atoms with Gasteiger partial charge in [0.1, 0.15) is 6.10 Å². The van der Waals surface area contributed by atoms with Crippen LogP contribution in [0.4, 0.5) is 5.69 Å². The average Bonchev–Trinajstić information content (AvgIpc) is 3.14. The van der Waals surface area contributed by atoms with E-state index in [1.54, 1.807) is 11.7 Å². The Morgan fingerprint density at radius 1 is 1.39 bits per heavy atom. The molecule has 1 aliphatic heterocycles. The van der Waals surface area contributed by atoms with Crippen LogP contribution in [0.15, 0.2) is 46.1 Å². The lowest BCUT2D eigenvalue weighted by molar-refractivity contribution is -0.116. The third-order valence-electron chi connectivity index (χ3n) is 4.44. The van der Waals surface area contributed by atoms with Crippen LogP contribution in [0.25, 0.3) is 0 Å². The number of guanidine groups is 1. The standard InChI is InChI=1S/C19H25BrN6O2/c1-21-19(22-8-7-18(27)24-16-5-3-15(20)4-6-16)26-9-10-28-17(13-26)14-11-23-25(2)12-14/h3-6,11-12,17H,7-10,13H2,1-2H3,(H,21,22)(H,24,27). The Morgan fingerprint density at radius 2 is 2.18 bits per heavy atom. The van der Waals surface area contributed by atoms with Gasteiger partial charge >= 0.3 is 0 Å². The number of ether oxygens (including phenoxy) is 1. The number of hydrogen-bond donors (Lipinski definition) is 2. The Morgan fingerprint density at radius 3 is 2.86 bits per heavy atom. The fraction of sp³-hybridized carbons (Fsp3) is 0.421. The molecule has 1 aliphatic rings. The fourth-order valence-corrected chi connectivity index (χ4v) is 3.29. The molecule has 28 heavy (non-hydrogen) atoms. The van der Waals surface area contributed by atoms with Crippen molar-refractivity contribution in [3.8, 4) is 0 Å². The van der Waals surface area contributed by atoms with Gasteiger partial charge < -0.3 is 20.3 Å². The highest BCUT2D eigenvalue weighted by molar-refractivity contribution is 9.10. The van der Waals surface area contributed by atoms with Gasteiger partial charge in [-0.1, -0.05) is 15.9 Å². The first kappa shape index (κ1) is 20.3. The van der Waals surface area contributed by atoms with E-state index in [-0.39, 0.29) is 12.0 Å². The van der Waals surface area contributed by atoms with Gasteiger partial charge in [0.05, 0.1) is 19.3 Å². The van der Waals surface area contributed by atoms with Gasteiger partial charge in [0.25, 0.3) is 0 Å². The molecule has 0 bridgehead atoms. The molecule has 1 atom stereocenters. The normalized spacial score (nSPS) is 17.5. The minimum Gasteiger partial charge on any atom is -0.370 e. The Bertz CT molecular complexity index is 820. The summed E-state index contributed by atoms with van der Waals surface area (Å²) in [4.78, 5) is 18.6. The van der Waals surface area contributed by atoms with Gasteiger partial charge in [-0.05, 0) is 24.3 Å². The molecule has 3 rings (SSSR count). The first-order chi connectivity index (χ1) is 13.5. The Kier molecular flexibility index (Phi) is 7.05. The van der Waals surface area contributed by atoms with E-state index >= 15 is 0 Å². The van der Waals surface area contributed by atoms with E-state index in [2.05, 4.69) is 41.6 Å². The summed E-state index contributed by atoms with van der Waals surface area (Å²) in [5.41, 5.74) is 1.83. The number of amides is 1. The molecule has 1 saturated heterocycles. The minimum atomic E-state index is -0.0412. The summed E-state index contributed by atoms with van der Waals surface area (Å²) in [6.07, 6.45) is 4.11. The van der Waals surface area contributed by atoms with Crippen molar-refractivity contribution in [1.29, 1.82) is 0 Å². The number of halogens is 1. The van der Waals surface area contributed by atoms with E-state index in [1.165, 1.54) is 0 Å². The maximum absolute atomic E-state index is 12.1. The van der Waals surface area contributed by atoms with Gasteiger partial charge in [-0.25, -0.2) is 0 Å². The second-order valence-electron chi connectivity index (χ2n) is 6.53. The van der Waals surface area contributed by atoms with E-state index in [0.717, 1.165) is 28.2 Å². The third kappa shape index (κ3) is 5.56. The van der Waals surface area contributed by atoms with Gasteiger partial charge in [-0.3, -0.25) is 14.5 Å². The molecule has 1 aromatic heterocycles. The second-order valence-corrected chi connectivity index (χ2v) is 7.45. The predicted octanol–water partition coefficient (Wildman–Crippen LogP) is 2.16. The van der Waals surface area contributed by atoms with Crippen LogP contribution in [0.3, 0.4) is 0 Å². The lowest BCUT2D eigenvalue weighted by Gasteiger charge is -2.34. The number of aliphatic imine (C=N–C) groups is 1. The van der Waals surface area contributed by atoms with Crippen molar-refractivity contribution < 1.29 is 9.53 Å². The van der Waals surface area contributed by atoms with Crippen LogP contribution < -0.4 is 10.6 Å². The summed E-state index contributed by atoms with van der Waals surface area (Å²) in [5.74, 6) is 0.731. The maximum atomic E-state index is 12.1. The van der Waals surface area contributed by atoms with Crippen LogP contribution in [0.5, 0.6) is 0 Å². The van der Waals surface area contributed by atoms with Crippen LogP contribution in [0.1, 0.15) is 18.1 Å². The van der Waals surface area contributed by atoms with Crippen LogP contribution in [-0.2, 0) is 16.6 Å². The lowest BCUT2D eigenvalue weighted by Crippen LogP contribution is -2.48. The Hall–Kier alpha value is -2.39. The summed E-state index contributed by atoms with van der Waals surface area (Å²) in [6, 6.07) is 7.51. The predicted molar refractivity (Wildman–Crippen MR) is 112 cm³/mol. The molecule has 1 unspecified atom stereocenters. The number of benzene rings is 1. The van der Waals surface area contributed by atoms with Crippen LogP contribution in [0, 0.1) is 0 Å². The molecular weight excluding hydrogens is 424 g/mol. The van der Waals surface area contributed by atoms with Crippen molar-refractivity contribution in [1.82, 2.24) is 20.0 Å². The summed E-state index contributed by atoms with van der Waals surface area (Å²) in [7, 11) is 3.64. The van der Waals surface area contributed by atoms with Gasteiger partial charge in [0, 0.05) is 55.5 Å². The van der Waals surface area contributed by atoms with Crippen molar-refractivity contribution in [2.24, 2.45) is 12.0 Å². The van der Waals surface area contributed by atoms with Crippen LogP contribution in [-0.4, -0.2) is 59.8 Å². The molecule has 2 N–H and O–H groups in total. The van der Waals surface area contributed by atoms with Crippen molar-refractivity contribution in [2.75, 3.05) is 38.6 Å². The van der Waals surface area contributed by atoms with Crippen molar-refractivity contribution in [3.05, 3.63) is 46.7 Å². The topological polar surface area (TPSA) is 83.8 Å². The summed E-state index contributed by atoms with van der Waals surface area (Å²) < 4.78 is 8.62. The molecule has 0 spiro atoms. The molecular formula is C19H25BrN6O2. The average molecular weight is 449 g/mol. The van der Waals surface area contributed by atoms with Gasteiger partial charge in [-0.2, -0.15) is 5.10 Å². The zero-order chi connectivity index (χ0) is 19.9. The molecule has 0 aliphatic carbocycles. The van der Waals surface area contributed by atoms with Gasteiger partial charge in [0.2, 0.25) is 5.91 Å². The zero-order valence-corrected chi connectivity index (χ0v) is 17.6. The number of nitrogens with zero attached hydrogens (tertiary/aromatic N) is 4. The molecule has 1 amide bonds. The molecule has 0 radical (unpaired) electrons. The Labute approximate surface area is 173 Å². The number of anilines is 1.